The number of likely N-dealkylation sites (N-methyl/N-ethyl adjacent to an activating group) is 1. The number of unbranched alkanes of at least 4 members (excludes halogenated alkanes) is 4. The number of nitrogens with zero attached hydrogens (tertiary/aromatic N) is 2. The molecule has 72 heavy (non-hydrogen) atoms. The van der Waals surface area contributed by atoms with Gasteiger partial charge in [0.15, 0.2) is 11.8 Å². The van der Waals surface area contributed by atoms with E-state index < -0.39 is 113 Å². The van der Waals surface area contributed by atoms with Gasteiger partial charge in [-0.1, -0.05) is 108 Å². The Kier molecular flexibility index (Phi) is 17.4. The molecule has 0 aromatic heterocycles. The van der Waals surface area contributed by atoms with Gasteiger partial charge < -0.3 is 43.7 Å². The van der Waals surface area contributed by atoms with Crippen molar-refractivity contribution in [1.82, 2.24) is 15.3 Å². The molecular weight excluding hydrogens is 927 g/mol. The average molecular weight is 1000 g/mol. The van der Waals surface area contributed by atoms with Crippen molar-refractivity contribution in [3.8, 4) is 0 Å². The molecule has 7 rings (SSSR count). The molecule has 9 unspecified atom stereocenters. The van der Waals surface area contributed by atoms with Gasteiger partial charge in [0.2, 0.25) is 17.9 Å². The van der Waals surface area contributed by atoms with E-state index in [4.69, 9.17) is 33.3 Å². The molecule has 0 spiro atoms. The van der Waals surface area contributed by atoms with Crippen LogP contribution >= 0.6 is 0 Å². The fourth-order valence-electron chi connectivity index (χ4n) is 10.8. The van der Waals surface area contributed by atoms with Crippen LogP contribution in [-0.2, 0) is 75.0 Å². The third-order valence-electron chi connectivity index (χ3n) is 14.5. The summed E-state index contributed by atoms with van der Waals surface area (Å²) in [6, 6.07) is 13.2. The van der Waals surface area contributed by atoms with Gasteiger partial charge in [-0.15, -0.1) is 0 Å². The molecule has 4 heterocycles. The Morgan fingerprint density at radius 3 is 2.25 bits per heavy atom. The maximum atomic E-state index is 16.0. The van der Waals surface area contributed by atoms with Gasteiger partial charge in [0.05, 0.1) is 19.2 Å². The molecule has 17 heteroatoms. The molecule has 1 saturated carbocycles. The second-order valence-electron chi connectivity index (χ2n) is 21.8. The molecule has 394 valence electrons. The van der Waals surface area contributed by atoms with E-state index in [1.54, 1.807) is 59.9 Å². The van der Waals surface area contributed by atoms with Crippen molar-refractivity contribution in [2.45, 2.75) is 192 Å². The summed E-state index contributed by atoms with van der Waals surface area (Å²) in [6.45, 7) is 12.8. The van der Waals surface area contributed by atoms with Crippen molar-refractivity contribution in [1.29, 1.82) is 0 Å². The van der Waals surface area contributed by atoms with Gasteiger partial charge in [-0.25, -0.2) is 9.59 Å². The molecule has 2 N–H and O–H groups in total. The Morgan fingerprint density at radius 1 is 0.931 bits per heavy atom. The highest BCUT2D eigenvalue weighted by molar-refractivity contribution is 5.96. The summed E-state index contributed by atoms with van der Waals surface area (Å²) in [5.41, 5.74) is -0.963. The number of hydrogen-bond donors (Lipinski definition) is 2. The van der Waals surface area contributed by atoms with Crippen LogP contribution in [0.1, 0.15) is 136 Å². The number of aliphatic hydroxyl groups excluding tert-OH is 1. The van der Waals surface area contributed by atoms with Crippen LogP contribution in [0.4, 0.5) is 0 Å². The van der Waals surface area contributed by atoms with Crippen LogP contribution in [0.25, 0.3) is 6.08 Å². The monoisotopic (exact) mass is 1000 g/mol. The molecule has 5 aliphatic rings. The van der Waals surface area contributed by atoms with Crippen molar-refractivity contribution in [2.75, 3.05) is 20.3 Å². The smallest absolute Gasteiger partial charge is 0.348 e. The Balaban J connectivity index is 1.21. The molecule has 9 atom stereocenters. The standard InChI is InChI=1S/C55H75N3O14/c1-9-11-16-27-54(28-17-12-10-2)70-43-40-31-55(51(65)57(8)39(30-35-19-14-13-15-20-35)48(62)56-38(33-59)24-26-42(61)69-52(3,4)5)45(49(63)67-40)58(72-46(55)44(43)71-54)32-37-22-18-21-36(29-37)23-25-41(60)68-47-50(64)66-34-53(47,6)7/h13-15,18-23,25,29,38-40,43-47,59H,9-12,16-17,24,26-28,30-34H2,1-8H3,(H,56,62). The summed E-state index contributed by atoms with van der Waals surface area (Å²) in [5.74, 6) is -4.54. The van der Waals surface area contributed by atoms with Gasteiger partial charge in [-0.05, 0) is 62.8 Å². The van der Waals surface area contributed by atoms with E-state index in [1.807, 2.05) is 42.5 Å². The van der Waals surface area contributed by atoms with Gasteiger partial charge in [0.25, 0.3) is 0 Å². The first-order valence-electron chi connectivity index (χ1n) is 25.8. The first-order chi connectivity index (χ1) is 34.2. The fraction of sp³-hybridized carbons (Fsp3) is 0.636. The number of ether oxygens (including phenoxy) is 6. The topological polar surface area (TPSA) is 206 Å². The molecule has 4 saturated heterocycles. The zero-order chi connectivity index (χ0) is 52.0. The normalized spacial score (nSPS) is 26.8. The van der Waals surface area contributed by atoms with E-state index >= 15 is 4.79 Å². The minimum Gasteiger partial charge on any atom is -0.462 e. The second-order valence-corrected chi connectivity index (χ2v) is 21.8. The number of cyclic esters (lactones) is 1. The van der Waals surface area contributed by atoms with Gasteiger partial charge in [0, 0.05) is 50.6 Å². The lowest BCUT2D eigenvalue weighted by molar-refractivity contribution is -0.225. The highest BCUT2D eigenvalue weighted by atomic mass is 16.8. The van der Waals surface area contributed by atoms with Crippen molar-refractivity contribution < 1.29 is 67.1 Å². The number of aliphatic hydroxyl groups is 1. The lowest BCUT2D eigenvalue weighted by Crippen LogP contribution is -2.70. The molecule has 1 aliphatic carbocycles. The number of hydrogen-bond acceptors (Lipinski definition) is 15. The Labute approximate surface area is 423 Å². The predicted molar refractivity (Wildman–Crippen MR) is 263 cm³/mol. The quantitative estimate of drug-likeness (QED) is 0.0542. The highest BCUT2D eigenvalue weighted by Crippen LogP contribution is 2.58. The SMILES string of the molecule is CCCCCC1(CCCCC)OC2C3CC4(C(=O)N(C)C(Cc5ccccc5)C(=O)NC(CO)CCC(=O)OC(C)(C)C)C(ON(Cc5cccc(C=CC(=O)OC6C(=O)OCC6(C)C)c5)C4C(=O)O3)C2O1. The van der Waals surface area contributed by atoms with Gasteiger partial charge >= 0.3 is 23.9 Å². The molecule has 2 aromatic carbocycles. The lowest BCUT2D eigenvalue weighted by Gasteiger charge is -2.50. The zero-order valence-electron chi connectivity index (χ0n) is 43.2. The predicted octanol–water partition coefficient (Wildman–Crippen LogP) is 6.30. The molecule has 5 fully saturated rings. The van der Waals surface area contributed by atoms with Gasteiger partial charge in [0.1, 0.15) is 48.1 Å². The molecule has 0 radical (unpaired) electrons. The van der Waals surface area contributed by atoms with Crippen LogP contribution < -0.4 is 5.32 Å². The third kappa shape index (κ3) is 12.2. The molecular formula is C55H75N3O14. The maximum Gasteiger partial charge on any atom is 0.348 e. The second kappa shape index (κ2) is 22.9. The van der Waals surface area contributed by atoms with Crippen molar-refractivity contribution in [3.63, 3.8) is 0 Å². The van der Waals surface area contributed by atoms with Crippen LogP contribution in [0.5, 0.6) is 0 Å². The van der Waals surface area contributed by atoms with E-state index in [9.17, 15) is 29.1 Å². The van der Waals surface area contributed by atoms with E-state index in [1.165, 1.54) is 16.0 Å². The van der Waals surface area contributed by atoms with E-state index in [0.29, 0.717) is 24.0 Å². The number of rotatable bonds is 23. The van der Waals surface area contributed by atoms with Crippen LogP contribution in [0.15, 0.2) is 60.7 Å². The number of esters is 4. The molecule has 2 aromatic rings. The average Bonchev–Trinajstić information content (AvgIpc) is 3.98. The largest absolute Gasteiger partial charge is 0.462 e. The van der Waals surface area contributed by atoms with E-state index in [2.05, 4.69) is 19.2 Å². The summed E-state index contributed by atoms with van der Waals surface area (Å²) >= 11 is 0. The Hall–Kier alpha value is -5.20. The molecule has 2 bridgehead atoms. The fourth-order valence-corrected chi connectivity index (χ4v) is 10.8. The number of benzene rings is 2. The number of carbonyl (C=O) groups is 6. The van der Waals surface area contributed by atoms with Crippen molar-refractivity contribution in [3.05, 3.63) is 77.4 Å². The summed E-state index contributed by atoms with van der Waals surface area (Å²) in [5, 5.41) is 14.8. The number of hydroxylamine groups is 2. The minimum absolute atomic E-state index is 0.00799. The van der Waals surface area contributed by atoms with E-state index in [-0.39, 0.29) is 38.8 Å². The maximum absolute atomic E-state index is 16.0. The summed E-state index contributed by atoms with van der Waals surface area (Å²) in [4.78, 5) is 91.6. The lowest BCUT2D eigenvalue weighted by atomic mass is 9.62. The Morgan fingerprint density at radius 2 is 1.61 bits per heavy atom. The van der Waals surface area contributed by atoms with Crippen LogP contribution in [0.3, 0.4) is 0 Å². The van der Waals surface area contributed by atoms with Crippen molar-refractivity contribution in [2.24, 2.45) is 10.8 Å². The number of amides is 2. The summed E-state index contributed by atoms with van der Waals surface area (Å²) < 4.78 is 36.5. The van der Waals surface area contributed by atoms with Crippen LogP contribution in [0, 0.1) is 10.8 Å². The summed E-state index contributed by atoms with van der Waals surface area (Å²) in [6.07, 6.45) is 5.22. The van der Waals surface area contributed by atoms with Crippen molar-refractivity contribution >= 4 is 41.8 Å². The first kappa shape index (κ1) is 54.6. The third-order valence-corrected chi connectivity index (χ3v) is 14.5. The highest BCUT2D eigenvalue weighted by Gasteiger charge is 2.77. The number of carbonyl (C=O) groups excluding carboxylic acids is 6. The van der Waals surface area contributed by atoms with Gasteiger partial charge in [-0.2, -0.15) is 5.06 Å². The molecule has 4 aliphatic heterocycles. The minimum atomic E-state index is -1.62. The molecule has 17 nitrogen and oxygen atoms in total. The van der Waals surface area contributed by atoms with Crippen LogP contribution in [0.2, 0.25) is 0 Å². The van der Waals surface area contributed by atoms with Crippen LogP contribution in [-0.4, -0.2) is 131 Å². The zero-order valence-corrected chi connectivity index (χ0v) is 43.2. The summed E-state index contributed by atoms with van der Waals surface area (Å²) in [7, 11) is 1.55. The van der Waals surface area contributed by atoms with Gasteiger partial charge in [-0.3, -0.25) is 24.0 Å². The Bertz CT molecular complexity index is 2290. The van der Waals surface area contributed by atoms with E-state index in [0.717, 1.165) is 44.1 Å². The number of nitrogens with one attached hydrogen (secondary N) is 1. The molecule has 2 amide bonds. The first-order valence-corrected chi connectivity index (χ1v) is 25.8. The number of fused-ring (bicyclic) bond motifs is 4.